The Kier molecular flexibility index (Phi) is 3.76. The highest BCUT2D eigenvalue weighted by molar-refractivity contribution is 5.80. The molecule has 0 heterocycles. The van der Waals surface area contributed by atoms with Gasteiger partial charge in [0.1, 0.15) is 0 Å². The first-order chi connectivity index (χ1) is 8.08. The maximum absolute atomic E-state index is 12.3. The number of hydrogen-bond donors (Lipinski definition) is 2. The van der Waals surface area contributed by atoms with Gasteiger partial charge in [-0.25, -0.2) is 0 Å². The fourth-order valence-corrected chi connectivity index (χ4v) is 3.60. The van der Waals surface area contributed by atoms with Gasteiger partial charge in [-0.3, -0.25) is 4.79 Å². The van der Waals surface area contributed by atoms with Gasteiger partial charge in [0.15, 0.2) is 0 Å². The minimum absolute atomic E-state index is 0.104. The molecule has 0 radical (unpaired) electrons. The Morgan fingerprint density at radius 3 is 2.65 bits per heavy atom. The van der Waals surface area contributed by atoms with Crippen LogP contribution in [0.2, 0.25) is 0 Å². The van der Waals surface area contributed by atoms with Crippen LogP contribution in [0.15, 0.2) is 0 Å². The van der Waals surface area contributed by atoms with Crippen LogP contribution in [0.3, 0.4) is 0 Å². The summed E-state index contributed by atoms with van der Waals surface area (Å²) in [6.07, 6.45) is 6.86. The molecule has 2 rings (SSSR count). The molecule has 4 unspecified atom stereocenters. The van der Waals surface area contributed by atoms with Crippen molar-refractivity contribution in [3.05, 3.63) is 0 Å². The number of nitrogens with two attached hydrogens (primary N) is 1. The molecule has 0 aliphatic heterocycles. The lowest BCUT2D eigenvalue weighted by Crippen LogP contribution is -2.49. The lowest BCUT2D eigenvalue weighted by atomic mass is 9.86. The highest BCUT2D eigenvalue weighted by Gasteiger charge is 2.44. The second-order valence-electron chi connectivity index (χ2n) is 6.22. The van der Waals surface area contributed by atoms with Crippen LogP contribution in [0, 0.1) is 17.8 Å². The van der Waals surface area contributed by atoms with E-state index in [2.05, 4.69) is 19.2 Å². The van der Waals surface area contributed by atoms with E-state index in [4.69, 9.17) is 5.73 Å². The number of amides is 1. The first kappa shape index (κ1) is 12.9. The van der Waals surface area contributed by atoms with Crippen LogP contribution in [0.5, 0.6) is 0 Å². The summed E-state index contributed by atoms with van der Waals surface area (Å²) >= 11 is 0. The molecule has 0 aromatic rings. The van der Waals surface area contributed by atoms with Gasteiger partial charge in [0.25, 0.3) is 0 Å². The Hall–Kier alpha value is -0.570. The summed E-state index contributed by atoms with van der Waals surface area (Å²) in [6.45, 7) is 4.88. The largest absolute Gasteiger partial charge is 0.351 e. The van der Waals surface area contributed by atoms with Crippen LogP contribution in [0.1, 0.15) is 52.4 Å². The Balaban J connectivity index is 1.92. The topological polar surface area (TPSA) is 55.1 Å². The van der Waals surface area contributed by atoms with Crippen molar-refractivity contribution in [2.45, 2.75) is 57.9 Å². The number of nitrogens with one attached hydrogen (secondary N) is 1. The van der Waals surface area contributed by atoms with Crippen molar-refractivity contribution in [1.82, 2.24) is 5.32 Å². The Bertz CT molecular complexity index is 292. The van der Waals surface area contributed by atoms with Gasteiger partial charge in [0.2, 0.25) is 5.91 Å². The van der Waals surface area contributed by atoms with Gasteiger partial charge in [-0.1, -0.05) is 13.3 Å². The fourth-order valence-electron chi connectivity index (χ4n) is 3.60. The predicted octanol–water partition coefficient (Wildman–Crippen LogP) is 2.06. The summed E-state index contributed by atoms with van der Waals surface area (Å²) in [4.78, 5) is 12.3. The van der Waals surface area contributed by atoms with Gasteiger partial charge >= 0.3 is 0 Å². The number of rotatable bonds is 5. The zero-order valence-electron chi connectivity index (χ0n) is 11.2. The van der Waals surface area contributed by atoms with E-state index >= 15 is 0 Å². The monoisotopic (exact) mass is 238 g/mol. The van der Waals surface area contributed by atoms with Crippen LogP contribution in [0.25, 0.3) is 0 Å². The third-order valence-corrected chi connectivity index (χ3v) is 4.98. The molecular formula is C14H26N2O. The average Bonchev–Trinajstić information content (AvgIpc) is 2.91. The Morgan fingerprint density at radius 1 is 1.41 bits per heavy atom. The maximum Gasteiger partial charge on any atom is 0.223 e. The number of carbonyl (C=O) groups is 1. The van der Waals surface area contributed by atoms with Crippen molar-refractivity contribution in [3.8, 4) is 0 Å². The van der Waals surface area contributed by atoms with Crippen molar-refractivity contribution in [2.75, 3.05) is 6.54 Å². The van der Waals surface area contributed by atoms with Gasteiger partial charge in [0, 0.05) is 11.5 Å². The lowest BCUT2D eigenvalue weighted by molar-refractivity contribution is -0.128. The van der Waals surface area contributed by atoms with Crippen molar-refractivity contribution < 1.29 is 4.79 Å². The quantitative estimate of drug-likeness (QED) is 0.770. The molecule has 2 bridgehead atoms. The first-order valence-corrected chi connectivity index (χ1v) is 7.10. The summed E-state index contributed by atoms with van der Waals surface area (Å²) in [5.74, 6) is 2.07. The first-order valence-electron chi connectivity index (χ1n) is 7.10. The molecule has 2 saturated carbocycles. The van der Waals surface area contributed by atoms with E-state index in [1.165, 1.54) is 19.3 Å². The number of hydrogen-bond acceptors (Lipinski definition) is 2. The Labute approximate surface area is 105 Å². The molecule has 17 heavy (non-hydrogen) atoms. The van der Waals surface area contributed by atoms with Crippen LogP contribution >= 0.6 is 0 Å². The second kappa shape index (κ2) is 4.97. The zero-order valence-corrected chi connectivity index (χ0v) is 11.2. The molecule has 0 saturated heterocycles. The molecule has 1 amide bonds. The molecule has 0 aromatic carbocycles. The normalized spacial score (nSPS) is 34.6. The van der Waals surface area contributed by atoms with Gasteiger partial charge in [-0.05, 0) is 57.4 Å². The highest BCUT2D eigenvalue weighted by atomic mass is 16.2. The number of carbonyl (C=O) groups excluding carboxylic acids is 1. The van der Waals surface area contributed by atoms with Crippen LogP contribution in [0.4, 0.5) is 0 Å². The minimum atomic E-state index is -0.104. The van der Waals surface area contributed by atoms with Crippen molar-refractivity contribution in [3.63, 3.8) is 0 Å². The van der Waals surface area contributed by atoms with E-state index in [0.717, 1.165) is 25.2 Å². The van der Waals surface area contributed by atoms with Crippen molar-refractivity contribution >= 4 is 5.91 Å². The number of fused-ring (bicyclic) bond motifs is 2. The summed E-state index contributed by atoms with van der Waals surface area (Å²) in [7, 11) is 0. The van der Waals surface area contributed by atoms with E-state index in [0.29, 0.717) is 12.5 Å². The average molecular weight is 238 g/mol. The minimum Gasteiger partial charge on any atom is -0.351 e. The van der Waals surface area contributed by atoms with Crippen LogP contribution in [-0.4, -0.2) is 18.0 Å². The molecule has 0 spiro atoms. The zero-order chi connectivity index (χ0) is 12.5. The van der Waals surface area contributed by atoms with E-state index in [1.807, 2.05) is 0 Å². The fraction of sp³-hybridized carbons (Fsp3) is 0.929. The SMILES string of the molecule is CCC(C)(CCN)NC(=O)C1CC2CCC1C2. The molecule has 3 heteroatoms. The molecule has 98 valence electrons. The van der Waals surface area contributed by atoms with Gasteiger partial charge in [-0.2, -0.15) is 0 Å². The second-order valence-corrected chi connectivity index (χ2v) is 6.22. The third kappa shape index (κ3) is 2.65. The molecule has 2 fully saturated rings. The smallest absolute Gasteiger partial charge is 0.223 e. The molecule has 3 nitrogen and oxygen atoms in total. The van der Waals surface area contributed by atoms with Gasteiger partial charge < -0.3 is 11.1 Å². The molecule has 2 aliphatic carbocycles. The van der Waals surface area contributed by atoms with Crippen LogP contribution in [-0.2, 0) is 4.79 Å². The molecular weight excluding hydrogens is 212 g/mol. The standard InChI is InChI=1S/C14H26N2O/c1-3-14(2,6-7-15)16-13(17)12-9-10-4-5-11(12)8-10/h10-12H,3-9,15H2,1-2H3,(H,16,17). The van der Waals surface area contributed by atoms with Gasteiger partial charge in [0.05, 0.1) is 0 Å². The molecule has 4 atom stereocenters. The predicted molar refractivity (Wildman–Crippen MR) is 69.4 cm³/mol. The maximum atomic E-state index is 12.3. The summed E-state index contributed by atoms with van der Waals surface area (Å²) in [5, 5.41) is 3.25. The van der Waals surface area contributed by atoms with E-state index in [9.17, 15) is 4.79 Å². The molecule has 3 N–H and O–H groups in total. The van der Waals surface area contributed by atoms with Crippen molar-refractivity contribution in [1.29, 1.82) is 0 Å². The summed E-state index contributed by atoms with van der Waals surface area (Å²) in [6, 6.07) is 0. The summed E-state index contributed by atoms with van der Waals surface area (Å²) in [5.41, 5.74) is 5.53. The lowest BCUT2D eigenvalue weighted by Gasteiger charge is -2.32. The summed E-state index contributed by atoms with van der Waals surface area (Å²) < 4.78 is 0. The van der Waals surface area contributed by atoms with Crippen molar-refractivity contribution in [2.24, 2.45) is 23.5 Å². The molecule has 2 aliphatic rings. The third-order valence-electron chi connectivity index (χ3n) is 4.98. The molecule has 0 aromatic heterocycles. The highest BCUT2D eigenvalue weighted by Crippen LogP contribution is 2.48. The van der Waals surface area contributed by atoms with E-state index in [1.54, 1.807) is 0 Å². The van der Waals surface area contributed by atoms with E-state index in [-0.39, 0.29) is 17.4 Å². The van der Waals surface area contributed by atoms with E-state index < -0.39 is 0 Å². The van der Waals surface area contributed by atoms with Gasteiger partial charge in [-0.15, -0.1) is 0 Å². The van der Waals surface area contributed by atoms with Crippen LogP contribution < -0.4 is 11.1 Å². The Morgan fingerprint density at radius 2 is 2.18 bits per heavy atom.